The summed E-state index contributed by atoms with van der Waals surface area (Å²) >= 11 is 1.27. The van der Waals surface area contributed by atoms with Crippen LogP contribution in [0, 0.1) is 0 Å². The summed E-state index contributed by atoms with van der Waals surface area (Å²) in [4.78, 5) is 12.3. The molecule has 0 aromatic heterocycles. The molecule has 0 bridgehead atoms. The van der Waals surface area contributed by atoms with E-state index in [9.17, 15) is 18.0 Å². The lowest BCUT2D eigenvalue weighted by Gasteiger charge is -2.29. The monoisotopic (exact) mass is 324 g/mol. The molecule has 0 spiro atoms. The average molecular weight is 324 g/mol. The highest BCUT2D eigenvalue weighted by Gasteiger charge is 2.43. The Balaban J connectivity index is 2.34. The van der Waals surface area contributed by atoms with E-state index in [-0.39, 0.29) is 0 Å². The molecular weight excluding hydrogens is 309 g/mol. The fourth-order valence-corrected chi connectivity index (χ4v) is 3.41. The molecule has 0 N–H and O–H groups in total. The fourth-order valence-electron chi connectivity index (χ4n) is 2.14. The quantitative estimate of drug-likeness (QED) is 0.702. The molecule has 0 aliphatic rings. The Hall–Kier alpha value is -1.75. The number of thioether (sulfide) groups is 1. The van der Waals surface area contributed by atoms with Gasteiger partial charge in [-0.3, -0.25) is 4.79 Å². The maximum Gasteiger partial charge on any atom is 0.450 e. The van der Waals surface area contributed by atoms with Gasteiger partial charge in [0.2, 0.25) is 5.78 Å². The highest BCUT2D eigenvalue weighted by molar-refractivity contribution is 8.00. The van der Waals surface area contributed by atoms with Crippen molar-refractivity contribution in [2.45, 2.75) is 29.2 Å². The predicted octanol–water partition coefficient (Wildman–Crippen LogP) is 5.22. The van der Waals surface area contributed by atoms with Crippen LogP contribution in [0.3, 0.4) is 0 Å². The van der Waals surface area contributed by atoms with Crippen LogP contribution in [0.15, 0.2) is 65.6 Å². The Morgan fingerprint density at radius 3 is 1.95 bits per heavy atom. The first kappa shape index (κ1) is 16.6. The first-order chi connectivity index (χ1) is 10.3. The van der Waals surface area contributed by atoms with Crippen LogP contribution in [0.2, 0.25) is 0 Å². The van der Waals surface area contributed by atoms with Gasteiger partial charge in [-0.25, -0.2) is 0 Å². The molecule has 22 heavy (non-hydrogen) atoms. The highest BCUT2D eigenvalue weighted by Crippen LogP contribution is 2.45. The lowest BCUT2D eigenvalue weighted by atomic mass is 9.94. The summed E-state index contributed by atoms with van der Waals surface area (Å²) in [6, 6.07) is 17.9. The number of halogens is 3. The smallest absolute Gasteiger partial charge is 0.290 e. The molecule has 0 amide bonds. The second-order valence-electron chi connectivity index (χ2n) is 5.11. The zero-order chi connectivity index (χ0) is 16.2. The van der Waals surface area contributed by atoms with E-state index < -0.39 is 23.1 Å². The van der Waals surface area contributed by atoms with Crippen LogP contribution in [-0.4, -0.2) is 12.0 Å². The maximum atomic E-state index is 12.7. The van der Waals surface area contributed by atoms with E-state index in [4.69, 9.17) is 0 Å². The number of hydrogen-bond acceptors (Lipinski definition) is 2. The summed E-state index contributed by atoms with van der Waals surface area (Å²) in [5, 5.41) is 0. The topological polar surface area (TPSA) is 17.1 Å². The van der Waals surface area contributed by atoms with E-state index >= 15 is 0 Å². The first-order valence-corrected chi connectivity index (χ1v) is 7.52. The molecule has 2 aromatic carbocycles. The van der Waals surface area contributed by atoms with Crippen molar-refractivity contribution in [1.29, 1.82) is 0 Å². The van der Waals surface area contributed by atoms with Crippen LogP contribution in [0.5, 0.6) is 0 Å². The summed E-state index contributed by atoms with van der Waals surface area (Å²) in [6.45, 7) is 1.67. The molecule has 0 aliphatic heterocycles. The molecule has 0 saturated carbocycles. The molecule has 1 atom stereocenters. The van der Waals surface area contributed by atoms with E-state index in [0.29, 0.717) is 5.56 Å². The Morgan fingerprint density at radius 1 is 0.955 bits per heavy atom. The van der Waals surface area contributed by atoms with E-state index in [1.807, 2.05) is 30.3 Å². The Bertz CT molecular complexity index is 625. The van der Waals surface area contributed by atoms with Gasteiger partial charge in [-0.2, -0.15) is 13.2 Å². The van der Waals surface area contributed by atoms with Crippen LogP contribution in [0.4, 0.5) is 13.2 Å². The van der Waals surface area contributed by atoms with Crippen molar-refractivity contribution in [2.24, 2.45) is 0 Å². The van der Waals surface area contributed by atoms with Gasteiger partial charge < -0.3 is 0 Å². The third-order valence-electron chi connectivity index (χ3n) is 3.28. The first-order valence-electron chi connectivity index (χ1n) is 6.71. The van der Waals surface area contributed by atoms with Gasteiger partial charge in [0, 0.05) is 16.1 Å². The minimum absolute atomic E-state index is 0.597. The van der Waals surface area contributed by atoms with Gasteiger partial charge in [0.1, 0.15) is 0 Å². The van der Waals surface area contributed by atoms with E-state index in [1.54, 1.807) is 37.3 Å². The largest absolute Gasteiger partial charge is 0.450 e. The summed E-state index contributed by atoms with van der Waals surface area (Å²) in [5.74, 6) is -1.71. The van der Waals surface area contributed by atoms with Gasteiger partial charge in [0.05, 0.1) is 0 Å². The lowest BCUT2D eigenvalue weighted by Crippen LogP contribution is -2.31. The van der Waals surface area contributed by atoms with Crippen molar-refractivity contribution in [3.63, 3.8) is 0 Å². The number of ketones is 1. The predicted molar refractivity (Wildman–Crippen MR) is 81.8 cm³/mol. The second kappa shape index (κ2) is 6.57. The minimum Gasteiger partial charge on any atom is -0.290 e. The number of rotatable bonds is 5. The molecule has 0 unspecified atom stereocenters. The van der Waals surface area contributed by atoms with Gasteiger partial charge >= 0.3 is 6.18 Å². The molecule has 0 radical (unpaired) electrons. The summed E-state index contributed by atoms with van der Waals surface area (Å²) in [7, 11) is 0. The van der Waals surface area contributed by atoms with Crippen molar-refractivity contribution in [3.8, 4) is 0 Å². The SMILES string of the molecule is C[C@](CC(=O)C(F)(F)F)(Sc1ccccc1)c1ccccc1. The molecule has 116 valence electrons. The van der Waals surface area contributed by atoms with Crippen molar-refractivity contribution < 1.29 is 18.0 Å². The molecular formula is C17H15F3OS. The molecule has 2 rings (SSSR count). The lowest BCUT2D eigenvalue weighted by molar-refractivity contribution is -0.171. The molecule has 0 heterocycles. The number of hydrogen-bond donors (Lipinski definition) is 0. The molecule has 1 nitrogen and oxygen atoms in total. The van der Waals surface area contributed by atoms with Crippen LogP contribution in [-0.2, 0) is 9.54 Å². The second-order valence-corrected chi connectivity index (χ2v) is 6.69. The molecule has 0 aliphatic carbocycles. The van der Waals surface area contributed by atoms with E-state index in [1.165, 1.54) is 11.8 Å². The molecule has 5 heteroatoms. The Labute approximate surface area is 131 Å². The fraction of sp³-hybridized carbons (Fsp3) is 0.235. The molecule has 0 fully saturated rings. The van der Waals surface area contributed by atoms with Gasteiger partial charge in [0.25, 0.3) is 0 Å². The zero-order valence-electron chi connectivity index (χ0n) is 11.9. The number of carbonyl (C=O) groups is 1. The van der Waals surface area contributed by atoms with Crippen LogP contribution in [0.25, 0.3) is 0 Å². The molecule has 2 aromatic rings. The van der Waals surface area contributed by atoms with Crippen molar-refractivity contribution >= 4 is 17.5 Å². The summed E-state index contributed by atoms with van der Waals surface area (Å²) in [6.07, 6.45) is -5.41. The minimum atomic E-state index is -4.81. The third-order valence-corrected chi connectivity index (χ3v) is 4.62. The van der Waals surface area contributed by atoms with Crippen LogP contribution in [0.1, 0.15) is 18.9 Å². The van der Waals surface area contributed by atoms with Gasteiger partial charge in [0.15, 0.2) is 0 Å². The van der Waals surface area contributed by atoms with Gasteiger partial charge in [-0.05, 0) is 24.6 Å². The van der Waals surface area contributed by atoms with Crippen LogP contribution < -0.4 is 0 Å². The number of Topliss-reactive ketones (excluding diaryl/α,β-unsaturated/α-hetero) is 1. The number of alkyl halides is 3. The summed E-state index contributed by atoms with van der Waals surface area (Å²) < 4.78 is 37.0. The number of benzene rings is 2. The van der Waals surface area contributed by atoms with Crippen molar-refractivity contribution in [3.05, 3.63) is 66.2 Å². The van der Waals surface area contributed by atoms with E-state index in [0.717, 1.165) is 4.90 Å². The van der Waals surface area contributed by atoms with Crippen LogP contribution >= 0.6 is 11.8 Å². The van der Waals surface area contributed by atoms with Crippen molar-refractivity contribution in [2.75, 3.05) is 0 Å². The Morgan fingerprint density at radius 2 is 1.45 bits per heavy atom. The molecule has 0 saturated heterocycles. The maximum absolute atomic E-state index is 12.7. The third kappa shape index (κ3) is 4.13. The Kier molecular flexibility index (Phi) is 4.96. The van der Waals surface area contributed by atoms with Crippen molar-refractivity contribution in [1.82, 2.24) is 0 Å². The van der Waals surface area contributed by atoms with Gasteiger partial charge in [-0.1, -0.05) is 48.5 Å². The standard InChI is InChI=1S/C17H15F3OS/c1-16(12-15(21)17(18,19)20,13-8-4-2-5-9-13)22-14-10-6-3-7-11-14/h2-11H,12H2,1H3/t16-/m1/s1. The highest BCUT2D eigenvalue weighted by atomic mass is 32.2. The zero-order valence-corrected chi connectivity index (χ0v) is 12.7. The average Bonchev–Trinajstić information content (AvgIpc) is 2.48. The summed E-state index contributed by atoms with van der Waals surface area (Å²) in [5.41, 5.74) is 0.696. The number of carbonyl (C=O) groups excluding carboxylic acids is 1. The normalized spacial score (nSPS) is 14.4. The van der Waals surface area contributed by atoms with Gasteiger partial charge in [-0.15, -0.1) is 11.8 Å². The van der Waals surface area contributed by atoms with E-state index in [2.05, 4.69) is 0 Å².